The van der Waals surface area contributed by atoms with Gasteiger partial charge in [0.1, 0.15) is 11.3 Å². The van der Waals surface area contributed by atoms with Crippen LogP contribution in [0.1, 0.15) is 25.2 Å². The van der Waals surface area contributed by atoms with Gasteiger partial charge in [-0.25, -0.2) is 8.42 Å². The van der Waals surface area contributed by atoms with Gasteiger partial charge in [-0.05, 0) is 26.8 Å². The highest BCUT2D eigenvalue weighted by molar-refractivity contribution is 14.0. The van der Waals surface area contributed by atoms with E-state index < -0.39 is 14.6 Å². The first kappa shape index (κ1) is 21.0. The molecule has 0 atom stereocenters. The lowest BCUT2D eigenvalue weighted by Crippen LogP contribution is -2.57. The van der Waals surface area contributed by atoms with Gasteiger partial charge < -0.3 is 14.6 Å². The highest BCUT2D eigenvalue weighted by Gasteiger charge is 2.40. The van der Waals surface area contributed by atoms with Crippen LogP contribution in [0.2, 0.25) is 0 Å². The van der Waals surface area contributed by atoms with Gasteiger partial charge in [0.2, 0.25) is 0 Å². The summed E-state index contributed by atoms with van der Waals surface area (Å²) in [5, 5.41) is 4.42. The van der Waals surface area contributed by atoms with Gasteiger partial charge in [0, 0.05) is 31.1 Å². The molecular formula is C18H26IN3O3S. The van der Waals surface area contributed by atoms with Crippen molar-refractivity contribution < 1.29 is 12.8 Å². The molecule has 0 aliphatic carbocycles. The van der Waals surface area contributed by atoms with Crippen LogP contribution in [0.5, 0.6) is 0 Å². The zero-order valence-corrected chi connectivity index (χ0v) is 18.7. The molecule has 0 unspecified atom stereocenters. The monoisotopic (exact) mass is 491 g/mol. The van der Waals surface area contributed by atoms with Crippen molar-refractivity contribution in [2.45, 2.75) is 32.1 Å². The average Bonchev–Trinajstić information content (AvgIpc) is 2.88. The number of nitrogens with one attached hydrogen (secondary N) is 1. The highest BCUT2D eigenvalue weighted by Crippen LogP contribution is 2.26. The fourth-order valence-corrected chi connectivity index (χ4v) is 4.58. The van der Waals surface area contributed by atoms with Crippen LogP contribution in [0.3, 0.4) is 0 Å². The van der Waals surface area contributed by atoms with Crippen molar-refractivity contribution in [3.8, 4) is 0 Å². The number of aliphatic imine (C=N–C) groups is 1. The van der Waals surface area contributed by atoms with Gasteiger partial charge in [-0.2, -0.15) is 0 Å². The Kier molecular flexibility index (Phi) is 6.27. The van der Waals surface area contributed by atoms with Gasteiger partial charge in [-0.3, -0.25) is 4.99 Å². The molecule has 0 spiro atoms. The third kappa shape index (κ3) is 3.85. The van der Waals surface area contributed by atoms with Crippen LogP contribution in [0, 0.1) is 6.92 Å². The Balaban J connectivity index is 0.00000243. The second-order valence-electron chi connectivity index (χ2n) is 7.05. The van der Waals surface area contributed by atoms with E-state index in [4.69, 9.17) is 4.42 Å². The number of halogens is 1. The summed E-state index contributed by atoms with van der Waals surface area (Å²) in [5.74, 6) is 1.71. The zero-order valence-electron chi connectivity index (χ0n) is 15.6. The van der Waals surface area contributed by atoms with Gasteiger partial charge in [-0.15, -0.1) is 24.0 Å². The number of guanidine groups is 1. The number of hydrogen-bond donors (Lipinski definition) is 1. The van der Waals surface area contributed by atoms with Crippen LogP contribution < -0.4 is 5.32 Å². The van der Waals surface area contributed by atoms with Gasteiger partial charge in [0.15, 0.2) is 15.8 Å². The van der Waals surface area contributed by atoms with Gasteiger partial charge in [-0.1, -0.05) is 18.2 Å². The topological polar surface area (TPSA) is 74.9 Å². The third-order valence-electron chi connectivity index (χ3n) is 4.90. The summed E-state index contributed by atoms with van der Waals surface area (Å²) in [6.45, 7) is 6.97. The first-order chi connectivity index (χ1) is 11.7. The normalized spacial score (nSPS) is 19.2. The van der Waals surface area contributed by atoms with Gasteiger partial charge in [0.25, 0.3) is 0 Å². The molecule has 1 saturated heterocycles. The second-order valence-corrected chi connectivity index (χ2v) is 9.79. The Labute approximate surface area is 172 Å². The highest BCUT2D eigenvalue weighted by atomic mass is 127. The lowest BCUT2D eigenvalue weighted by atomic mass is 10.1. The lowest BCUT2D eigenvalue weighted by molar-refractivity contribution is 0.351. The van der Waals surface area contributed by atoms with Gasteiger partial charge in [0.05, 0.1) is 17.0 Å². The zero-order chi connectivity index (χ0) is 18.2. The molecule has 0 radical (unpaired) electrons. The summed E-state index contributed by atoms with van der Waals surface area (Å²) in [5.41, 5.74) is 1.98. The van der Waals surface area contributed by atoms with E-state index in [0.717, 1.165) is 22.3 Å². The molecule has 26 heavy (non-hydrogen) atoms. The Hall–Kier alpha value is -1.29. The number of furan rings is 1. The van der Waals surface area contributed by atoms with E-state index in [1.807, 2.05) is 36.1 Å². The van der Waals surface area contributed by atoms with Crippen molar-refractivity contribution in [2.75, 3.05) is 25.9 Å². The van der Waals surface area contributed by atoms with Gasteiger partial charge >= 0.3 is 0 Å². The molecule has 8 heteroatoms. The van der Waals surface area contributed by atoms with Crippen LogP contribution in [0.15, 0.2) is 33.7 Å². The van der Waals surface area contributed by atoms with Crippen molar-refractivity contribution in [1.82, 2.24) is 10.2 Å². The van der Waals surface area contributed by atoms with E-state index in [1.54, 1.807) is 20.9 Å². The minimum Gasteiger partial charge on any atom is -0.459 e. The Morgan fingerprint density at radius 3 is 2.65 bits per heavy atom. The van der Waals surface area contributed by atoms with Crippen LogP contribution in [-0.4, -0.2) is 49.9 Å². The molecule has 144 valence electrons. The summed E-state index contributed by atoms with van der Waals surface area (Å²) in [6, 6.07) is 7.96. The molecule has 3 rings (SSSR count). The maximum Gasteiger partial charge on any atom is 0.194 e. The molecule has 6 nitrogen and oxygen atoms in total. The van der Waals surface area contributed by atoms with Crippen molar-refractivity contribution >= 4 is 50.7 Å². The number of rotatable bonds is 2. The maximum absolute atomic E-state index is 12.2. The smallest absolute Gasteiger partial charge is 0.194 e. The number of para-hydroxylation sites is 1. The number of benzene rings is 1. The second kappa shape index (κ2) is 7.75. The number of hydrogen-bond acceptors (Lipinski definition) is 4. The Morgan fingerprint density at radius 2 is 2.04 bits per heavy atom. The number of sulfone groups is 1. The number of nitrogens with zero attached hydrogens (tertiary/aromatic N) is 2. The molecule has 1 aliphatic rings. The molecule has 1 fully saturated rings. The van der Waals surface area contributed by atoms with E-state index in [0.29, 0.717) is 25.6 Å². The summed E-state index contributed by atoms with van der Waals surface area (Å²) in [7, 11) is -1.36. The predicted octanol–water partition coefficient (Wildman–Crippen LogP) is 2.94. The molecule has 2 heterocycles. The molecule has 1 aliphatic heterocycles. The first-order valence-electron chi connectivity index (χ1n) is 8.40. The van der Waals surface area contributed by atoms with E-state index in [9.17, 15) is 8.42 Å². The van der Waals surface area contributed by atoms with Crippen molar-refractivity contribution in [3.05, 3.63) is 35.6 Å². The maximum atomic E-state index is 12.2. The molecule has 0 saturated carbocycles. The molecular weight excluding hydrogens is 465 g/mol. The SMILES string of the molecule is CN=C(NCc1oc2ccccc2c1C)N1CCS(=O)(=O)C(C)(C)C1.I. The summed E-state index contributed by atoms with van der Waals surface area (Å²) < 4.78 is 29.5. The van der Waals surface area contributed by atoms with E-state index >= 15 is 0 Å². The lowest BCUT2D eigenvalue weighted by Gasteiger charge is -2.39. The summed E-state index contributed by atoms with van der Waals surface area (Å²) in [4.78, 5) is 6.32. The predicted molar refractivity (Wildman–Crippen MR) is 116 cm³/mol. The molecule has 1 aromatic heterocycles. The molecule has 2 aromatic rings. The average molecular weight is 491 g/mol. The van der Waals surface area contributed by atoms with Crippen LogP contribution in [0.25, 0.3) is 11.0 Å². The third-order valence-corrected chi connectivity index (χ3v) is 7.44. The number of fused-ring (bicyclic) bond motifs is 1. The van der Waals surface area contributed by atoms with Crippen LogP contribution >= 0.6 is 24.0 Å². The molecule has 1 N–H and O–H groups in total. The Bertz CT molecular complexity index is 919. The minimum atomic E-state index is -3.07. The summed E-state index contributed by atoms with van der Waals surface area (Å²) >= 11 is 0. The van der Waals surface area contributed by atoms with Crippen LogP contribution in [-0.2, 0) is 16.4 Å². The fraction of sp³-hybridized carbons (Fsp3) is 0.500. The standard InChI is InChI=1S/C18H25N3O3S.HI/c1-13-14-7-5-6-8-15(14)24-16(13)11-20-17(19-4)21-9-10-25(22,23)18(2,3)12-21;/h5-8H,9-12H2,1-4H3,(H,19,20);1H. The van der Waals surface area contributed by atoms with E-state index in [2.05, 4.69) is 10.3 Å². The molecule has 0 bridgehead atoms. The molecule has 0 amide bonds. The van der Waals surface area contributed by atoms with Crippen molar-refractivity contribution in [2.24, 2.45) is 4.99 Å². The largest absolute Gasteiger partial charge is 0.459 e. The van der Waals surface area contributed by atoms with E-state index in [-0.39, 0.29) is 29.7 Å². The quantitative estimate of drug-likeness (QED) is 0.397. The Morgan fingerprint density at radius 1 is 1.35 bits per heavy atom. The summed E-state index contributed by atoms with van der Waals surface area (Å²) in [6.07, 6.45) is 0. The fourth-order valence-electron chi connectivity index (χ4n) is 3.21. The van der Waals surface area contributed by atoms with Crippen molar-refractivity contribution in [1.29, 1.82) is 0 Å². The van der Waals surface area contributed by atoms with Crippen molar-refractivity contribution in [3.63, 3.8) is 0 Å². The minimum absolute atomic E-state index is 0. The number of aryl methyl sites for hydroxylation is 1. The first-order valence-corrected chi connectivity index (χ1v) is 10.1. The molecule has 1 aromatic carbocycles. The van der Waals surface area contributed by atoms with Crippen LogP contribution in [0.4, 0.5) is 0 Å². The van der Waals surface area contributed by atoms with E-state index in [1.165, 1.54) is 0 Å².